The summed E-state index contributed by atoms with van der Waals surface area (Å²) in [4.78, 5) is 4.23. The van der Waals surface area contributed by atoms with Crippen LogP contribution in [0.4, 0.5) is 0 Å². The molecule has 0 spiro atoms. The van der Waals surface area contributed by atoms with Gasteiger partial charge in [-0.2, -0.15) is 0 Å². The molecule has 1 rings (SSSR count). The smallest absolute Gasteiger partial charge is 0.136 e. The summed E-state index contributed by atoms with van der Waals surface area (Å²) in [7, 11) is 6.59. The average Bonchev–Trinajstić information content (AvgIpc) is 2.39. The van der Waals surface area contributed by atoms with E-state index in [1.165, 1.54) is 0 Å². The second kappa shape index (κ2) is 6.39. The van der Waals surface area contributed by atoms with Gasteiger partial charge in [0, 0.05) is 19.2 Å². The molecule has 0 aliphatic carbocycles. The summed E-state index contributed by atoms with van der Waals surface area (Å²) in [6, 6.07) is 3.64. The van der Waals surface area contributed by atoms with Crippen molar-refractivity contribution in [1.82, 2.24) is 0 Å². The standard InChI is InChI=1S/C12H17NO3S/c1-13-12(17-5)11-9(15-3)6-8(14-2)7-10(11)16-4/h6-7H,1-5H3. The third kappa shape index (κ3) is 2.85. The first kappa shape index (κ1) is 13.7. The number of thioether (sulfide) groups is 1. The van der Waals surface area contributed by atoms with Crippen molar-refractivity contribution < 1.29 is 14.2 Å². The first-order valence-corrected chi connectivity index (χ1v) is 6.25. The molecule has 0 atom stereocenters. The molecule has 1 aromatic rings. The number of methoxy groups -OCH3 is 3. The van der Waals surface area contributed by atoms with E-state index in [1.807, 2.05) is 18.4 Å². The average molecular weight is 255 g/mol. The Hall–Kier alpha value is -1.36. The zero-order valence-electron chi connectivity index (χ0n) is 10.7. The molecular formula is C12H17NO3S. The number of rotatable bonds is 4. The minimum Gasteiger partial charge on any atom is -0.496 e. The van der Waals surface area contributed by atoms with Crippen molar-refractivity contribution in [2.24, 2.45) is 4.99 Å². The number of aliphatic imine (C=N–C) groups is 1. The van der Waals surface area contributed by atoms with Gasteiger partial charge in [0.1, 0.15) is 22.3 Å². The van der Waals surface area contributed by atoms with E-state index >= 15 is 0 Å². The highest BCUT2D eigenvalue weighted by atomic mass is 32.2. The van der Waals surface area contributed by atoms with Crippen LogP contribution < -0.4 is 14.2 Å². The van der Waals surface area contributed by atoms with E-state index in [0.29, 0.717) is 17.2 Å². The Morgan fingerprint density at radius 2 is 1.59 bits per heavy atom. The van der Waals surface area contributed by atoms with Gasteiger partial charge >= 0.3 is 0 Å². The number of benzene rings is 1. The Morgan fingerprint density at radius 1 is 1.06 bits per heavy atom. The van der Waals surface area contributed by atoms with Crippen LogP contribution >= 0.6 is 11.8 Å². The molecule has 0 saturated heterocycles. The Bertz CT molecular complexity index is 393. The van der Waals surface area contributed by atoms with E-state index in [0.717, 1.165) is 10.6 Å². The molecule has 0 aromatic heterocycles. The summed E-state index contributed by atoms with van der Waals surface area (Å²) < 4.78 is 15.9. The van der Waals surface area contributed by atoms with Crippen molar-refractivity contribution in [3.8, 4) is 17.2 Å². The molecule has 0 heterocycles. The van der Waals surface area contributed by atoms with Crippen LogP contribution in [-0.4, -0.2) is 39.7 Å². The topological polar surface area (TPSA) is 40.0 Å². The predicted octanol–water partition coefficient (Wildman–Crippen LogP) is 2.45. The minimum absolute atomic E-state index is 0.691. The van der Waals surface area contributed by atoms with E-state index in [9.17, 15) is 0 Å². The van der Waals surface area contributed by atoms with E-state index < -0.39 is 0 Å². The highest BCUT2D eigenvalue weighted by molar-refractivity contribution is 8.13. The molecule has 0 fully saturated rings. The van der Waals surface area contributed by atoms with Crippen molar-refractivity contribution in [1.29, 1.82) is 0 Å². The Labute approximate surface area is 106 Å². The molecule has 0 radical (unpaired) electrons. The second-order valence-corrected chi connectivity index (χ2v) is 3.93. The van der Waals surface area contributed by atoms with Crippen molar-refractivity contribution in [3.63, 3.8) is 0 Å². The van der Waals surface area contributed by atoms with Crippen LogP contribution in [0.15, 0.2) is 17.1 Å². The summed E-state index contributed by atoms with van der Waals surface area (Å²) in [6.07, 6.45) is 1.96. The first-order chi connectivity index (χ1) is 8.21. The van der Waals surface area contributed by atoms with Gasteiger partial charge in [0.05, 0.1) is 26.9 Å². The lowest BCUT2D eigenvalue weighted by molar-refractivity contribution is 0.374. The molecule has 5 heteroatoms. The molecule has 0 aliphatic heterocycles. The van der Waals surface area contributed by atoms with Gasteiger partial charge in [-0.25, -0.2) is 0 Å². The fourth-order valence-corrected chi connectivity index (χ4v) is 2.11. The molecule has 0 amide bonds. The van der Waals surface area contributed by atoms with Crippen molar-refractivity contribution in [2.75, 3.05) is 34.6 Å². The molecule has 17 heavy (non-hydrogen) atoms. The molecule has 0 unspecified atom stereocenters. The van der Waals surface area contributed by atoms with Gasteiger partial charge in [-0.15, -0.1) is 11.8 Å². The van der Waals surface area contributed by atoms with Crippen molar-refractivity contribution >= 4 is 16.8 Å². The van der Waals surface area contributed by atoms with Crippen molar-refractivity contribution in [3.05, 3.63) is 17.7 Å². The lowest BCUT2D eigenvalue weighted by Crippen LogP contribution is -2.03. The zero-order chi connectivity index (χ0) is 12.8. The van der Waals surface area contributed by atoms with E-state index in [1.54, 1.807) is 40.1 Å². The van der Waals surface area contributed by atoms with Crippen LogP contribution in [-0.2, 0) is 0 Å². The molecule has 4 nitrogen and oxygen atoms in total. The highest BCUT2D eigenvalue weighted by Gasteiger charge is 2.17. The third-order valence-corrected chi connectivity index (χ3v) is 3.10. The van der Waals surface area contributed by atoms with Gasteiger partial charge in [-0.1, -0.05) is 0 Å². The van der Waals surface area contributed by atoms with E-state index in [2.05, 4.69) is 4.99 Å². The monoisotopic (exact) mass is 255 g/mol. The maximum atomic E-state index is 5.36. The summed E-state index contributed by atoms with van der Waals surface area (Å²) in [6.45, 7) is 0. The molecule has 0 N–H and O–H groups in total. The van der Waals surface area contributed by atoms with Gasteiger partial charge < -0.3 is 14.2 Å². The van der Waals surface area contributed by atoms with Crippen LogP contribution in [0, 0.1) is 0 Å². The van der Waals surface area contributed by atoms with E-state index in [-0.39, 0.29) is 0 Å². The van der Waals surface area contributed by atoms with Crippen molar-refractivity contribution in [2.45, 2.75) is 0 Å². The molecular weight excluding hydrogens is 238 g/mol. The summed E-state index contributed by atoms with van der Waals surface area (Å²) in [5, 5.41) is 0.862. The normalized spacial score (nSPS) is 11.2. The van der Waals surface area contributed by atoms with Gasteiger partial charge in [0.2, 0.25) is 0 Å². The van der Waals surface area contributed by atoms with Crippen LogP contribution in [0.3, 0.4) is 0 Å². The molecule has 1 aromatic carbocycles. The minimum atomic E-state index is 0.691. The fraction of sp³-hybridized carbons (Fsp3) is 0.417. The lowest BCUT2D eigenvalue weighted by Gasteiger charge is -2.15. The van der Waals surface area contributed by atoms with Gasteiger partial charge in [-0.3, -0.25) is 4.99 Å². The third-order valence-electron chi connectivity index (χ3n) is 2.33. The lowest BCUT2D eigenvalue weighted by atomic mass is 10.1. The Balaban J connectivity index is 3.44. The fourth-order valence-electron chi connectivity index (χ4n) is 1.52. The van der Waals surface area contributed by atoms with Gasteiger partial charge in [0.15, 0.2) is 0 Å². The zero-order valence-corrected chi connectivity index (χ0v) is 11.6. The quantitative estimate of drug-likeness (QED) is 0.612. The SMILES string of the molecule is CN=C(SC)c1c(OC)cc(OC)cc1OC. The second-order valence-electron chi connectivity index (χ2n) is 3.14. The Morgan fingerprint density at radius 3 is 1.88 bits per heavy atom. The number of hydrogen-bond donors (Lipinski definition) is 0. The molecule has 94 valence electrons. The summed E-state index contributed by atoms with van der Waals surface area (Å²) in [5.74, 6) is 2.08. The molecule has 0 bridgehead atoms. The van der Waals surface area contributed by atoms with Crippen LogP contribution in [0.1, 0.15) is 5.56 Å². The maximum Gasteiger partial charge on any atom is 0.136 e. The van der Waals surface area contributed by atoms with Gasteiger partial charge in [-0.05, 0) is 6.26 Å². The van der Waals surface area contributed by atoms with Crippen LogP contribution in [0.5, 0.6) is 17.2 Å². The summed E-state index contributed by atoms with van der Waals surface area (Å²) >= 11 is 1.54. The predicted molar refractivity (Wildman–Crippen MR) is 72.1 cm³/mol. The molecule has 0 aliphatic rings. The number of nitrogens with zero attached hydrogens (tertiary/aromatic N) is 1. The number of hydrogen-bond acceptors (Lipinski definition) is 5. The Kier molecular flexibility index (Phi) is 5.15. The number of ether oxygens (including phenoxy) is 3. The first-order valence-electron chi connectivity index (χ1n) is 5.03. The summed E-state index contributed by atoms with van der Waals surface area (Å²) in [5.41, 5.74) is 0.853. The van der Waals surface area contributed by atoms with Gasteiger partial charge in [0.25, 0.3) is 0 Å². The van der Waals surface area contributed by atoms with Crippen LogP contribution in [0.2, 0.25) is 0 Å². The molecule has 0 saturated carbocycles. The van der Waals surface area contributed by atoms with Crippen LogP contribution in [0.25, 0.3) is 0 Å². The largest absolute Gasteiger partial charge is 0.496 e. The highest BCUT2D eigenvalue weighted by Crippen LogP contribution is 2.36. The van der Waals surface area contributed by atoms with E-state index in [4.69, 9.17) is 14.2 Å². The maximum absolute atomic E-state index is 5.36.